The normalized spacial score (nSPS) is 24.1. The molecule has 0 spiro atoms. The summed E-state index contributed by atoms with van der Waals surface area (Å²) in [7, 11) is 0. The summed E-state index contributed by atoms with van der Waals surface area (Å²) in [5, 5.41) is 16.2. The summed E-state index contributed by atoms with van der Waals surface area (Å²) in [6, 6.07) is 13.7. The fraction of sp³-hybridized carbons (Fsp3) is 0.434. The number of nitrogens with one attached hydrogen (secondary N) is 2. The summed E-state index contributed by atoms with van der Waals surface area (Å²) >= 11 is 0. The third kappa shape index (κ3) is 8.06. The zero-order valence-electron chi connectivity index (χ0n) is 43.3. The Morgan fingerprint density at radius 1 is 0.831 bits per heavy atom. The highest BCUT2D eigenvalue weighted by Crippen LogP contribution is 2.41. The molecule has 18 heteroatoms. The molecular weight excluding hydrogens is 903 g/mol. The minimum Gasteiger partial charge on any atom is -0.392 e. The van der Waals surface area contributed by atoms with Crippen molar-refractivity contribution in [1.82, 2.24) is 34.2 Å². The van der Waals surface area contributed by atoms with E-state index in [9.17, 15) is 33.9 Å². The molecule has 5 aromatic rings. The number of amides is 5. The van der Waals surface area contributed by atoms with Crippen LogP contribution in [-0.2, 0) is 42.6 Å². The first kappa shape index (κ1) is 42.7. The third-order valence-electron chi connectivity index (χ3n) is 15.5. The molecule has 5 amide bonds. The van der Waals surface area contributed by atoms with Gasteiger partial charge in [-0.1, -0.05) is 13.8 Å². The highest BCUT2D eigenvalue weighted by Gasteiger charge is 2.45. The number of piperidine rings is 2. The van der Waals surface area contributed by atoms with Gasteiger partial charge in [-0.05, 0) is 111 Å². The highest BCUT2D eigenvalue weighted by atomic mass is 16.3. The lowest BCUT2D eigenvalue weighted by Crippen LogP contribution is -2.58. The summed E-state index contributed by atoms with van der Waals surface area (Å²) in [5.41, 5.74) is 5.58. The Morgan fingerprint density at radius 3 is 2.38 bits per heavy atom. The van der Waals surface area contributed by atoms with Crippen LogP contribution in [0.15, 0.2) is 71.9 Å². The highest BCUT2D eigenvalue weighted by molar-refractivity contribution is 6.23. The number of hydrogen-bond acceptors (Lipinski definition) is 13. The van der Waals surface area contributed by atoms with Crippen LogP contribution < -0.4 is 30.9 Å². The van der Waals surface area contributed by atoms with Gasteiger partial charge in [0.05, 0.1) is 29.6 Å². The summed E-state index contributed by atoms with van der Waals surface area (Å²) in [4.78, 5) is 98.0. The van der Waals surface area contributed by atoms with Crippen LogP contribution in [0.25, 0.3) is 11.1 Å². The molecule has 0 bridgehead atoms. The van der Waals surface area contributed by atoms with Crippen molar-refractivity contribution in [3.05, 3.63) is 111 Å². The molecule has 0 saturated carbocycles. The summed E-state index contributed by atoms with van der Waals surface area (Å²) in [6.45, 7) is 9.49. The summed E-state index contributed by atoms with van der Waals surface area (Å²) in [5.74, 6) is -1.72. The lowest BCUT2D eigenvalue weighted by molar-refractivity contribution is -0.136. The van der Waals surface area contributed by atoms with Crippen LogP contribution in [-0.4, -0.2) is 120 Å². The molecule has 9 heterocycles. The van der Waals surface area contributed by atoms with Crippen LogP contribution in [0.5, 0.6) is 0 Å². The second-order valence-electron chi connectivity index (χ2n) is 20.7. The quantitative estimate of drug-likeness (QED) is 0.173. The molecule has 0 radical (unpaired) electrons. The van der Waals surface area contributed by atoms with Crippen molar-refractivity contribution in [3.8, 4) is 11.1 Å². The molecule has 3 saturated heterocycles. The predicted octanol–water partition coefficient (Wildman–Crippen LogP) is 4.63. The molecule has 4 atom stereocenters. The second-order valence-corrected chi connectivity index (χ2v) is 20.7. The predicted molar refractivity (Wildman–Crippen MR) is 267 cm³/mol. The van der Waals surface area contributed by atoms with Gasteiger partial charge in [-0.2, -0.15) is 0 Å². The number of benzene rings is 1. The smallest absolute Gasteiger partial charge is 0.276 e. The van der Waals surface area contributed by atoms with Gasteiger partial charge >= 0.3 is 0 Å². The molecule has 71 heavy (non-hydrogen) atoms. The fourth-order valence-electron chi connectivity index (χ4n) is 12.0. The minimum absolute atomic E-state index is 0.0381. The second kappa shape index (κ2) is 17.6. The number of aliphatic hydroxyl groups is 1. The maximum atomic E-state index is 14.1. The van der Waals surface area contributed by atoms with Gasteiger partial charge in [-0.15, -0.1) is 0 Å². The molecule has 18 nitrogen and oxygen atoms in total. The average molecular weight is 965 g/mol. The van der Waals surface area contributed by atoms with E-state index in [0.29, 0.717) is 51.9 Å². The number of anilines is 5. The van der Waals surface area contributed by atoms with Gasteiger partial charge in [0, 0.05) is 110 Å². The first-order chi connectivity index (χ1) is 35.3. The number of aliphatic hydroxyl groups excluding tert-OH is 1. The number of imide groups is 2. The van der Waals surface area contributed by atoms with E-state index in [1.165, 1.54) is 29.7 Å². The number of piperazine rings is 1. The number of fused-ring (bicyclic) bond motifs is 4. The Morgan fingerprint density at radius 2 is 1.63 bits per heavy atom. The Kier molecular flexibility index (Phi) is 10.6. The van der Waals surface area contributed by atoms with Gasteiger partial charge < -0.3 is 29.4 Å². The van der Waals surface area contributed by atoms with Crippen LogP contribution in [0, 0.1) is 5.41 Å². The van der Waals surface area contributed by atoms with Gasteiger partial charge in [0.25, 0.3) is 23.3 Å². The van der Waals surface area contributed by atoms with Gasteiger partial charge in [0.1, 0.15) is 29.1 Å². The van der Waals surface area contributed by atoms with E-state index in [1.54, 1.807) is 35.4 Å². The Labute approximate surface area is 415 Å². The van der Waals surface area contributed by atoms with Gasteiger partial charge in [0.15, 0.2) is 0 Å². The summed E-state index contributed by atoms with van der Waals surface area (Å²) in [6.07, 6.45) is 8.23. The van der Waals surface area contributed by atoms with Gasteiger partial charge in [0.2, 0.25) is 11.8 Å². The third-order valence-corrected chi connectivity index (χ3v) is 15.5. The molecule has 11 rings (SSSR count). The van der Waals surface area contributed by atoms with E-state index in [1.807, 2.05) is 18.2 Å². The van der Waals surface area contributed by atoms with E-state index in [4.69, 9.17) is 4.11 Å². The Balaban J connectivity index is 0.751. The number of carbonyl (C=O) groups excluding carboxylic acids is 5. The van der Waals surface area contributed by atoms with E-state index < -0.39 is 48.8 Å². The number of aryl methyl sites for hydroxylation is 1. The largest absolute Gasteiger partial charge is 0.392 e. The van der Waals surface area contributed by atoms with Crippen LogP contribution in [0.2, 0.25) is 0 Å². The number of hydrogen-bond donors (Lipinski definition) is 3. The zero-order valence-corrected chi connectivity index (χ0v) is 40.3. The molecule has 0 unspecified atom stereocenters. The number of pyridine rings is 3. The van der Waals surface area contributed by atoms with Crippen molar-refractivity contribution in [1.29, 1.82) is 0 Å². The number of carbonyl (C=O) groups is 5. The van der Waals surface area contributed by atoms with Gasteiger partial charge in [-0.25, -0.2) is 9.97 Å². The van der Waals surface area contributed by atoms with Crippen LogP contribution in [0.3, 0.4) is 0 Å². The van der Waals surface area contributed by atoms with Crippen LogP contribution >= 0.6 is 0 Å². The monoisotopic (exact) mass is 964 g/mol. The molecule has 368 valence electrons. The maximum Gasteiger partial charge on any atom is 0.276 e. The SMILES string of the molecule is [2H]C([2H])([2H])n1cc(-c2ccnc(N3CCn4c(cc5c4CC(C)(C)C5)C3=O)c2CO)cc(Nc2ccc(N3CCN([C@@H]4CCN(c5ccc6c(c5)C(=O)N([C@H]5CCC(=O)NC5=O)C6=O)[C@H](C)C4)C[C@@H]3C)cn2)c1=O. The fourth-order valence-corrected chi connectivity index (χ4v) is 12.0. The average Bonchev–Trinajstić information content (AvgIpc) is 3.95. The number of aromatic nitrogens is 4. The van der Waals surface area contributed by atoms with Crippen molar-refractivity contribution in [2.75, 3.05) is 52.7 Å². The number of rotatable bonds is 9. The van der Waals surface area contributed by atoms with Gasteiger partial charge in [-0.3, -0.25) is 48.8 Å². The molecule has 5 aliphatic heterocycles. The van der Waals surface area contributed by atoms with Crippen LogP contribution in [0.4, 0.5) is 28.7 Å². The molecule has 1 aromatic carbocycles. The van der Waals surface area contributed by atoms with Crippen molar-refractivity contribution in [2.24, 2.45) is 12.4 Å². The molecule has 1 aliphatic carbocycles. The minimum atomic E-state index is -2.84. The van der Waals surface area contributed by atoms with Crippen molar-refractivity contribution in [3.63, 3.8) is 0 Å². The summed E-state index contributed by atoms with van der Waals surface area (Å²) < 4.78 is 27.6. The Hall–Kier alpha value is -7.18. The lowest BCUT2D eigenvalue weighted by Gasteiger charge is -2.48. The maximum absolute atomic E-state index is 14.1. The van der Waals surface area contributed by atoms with Crippen molar-refractivity contribution in [2.45, 2.75) is 104 Å². The lowest BCUT2D eigenvalue weighted by atomic mass is 9.90. The topological polar surface area (TPSA) is 199 Å². The first-order valence-electron chi connectivity index (χ1n) is 26.0. The molecule has 3 fully saturated rings. The van der Waals surface area contributed by atoms with Crippen molar-refractivity contribution >= 4 is 58.2 Å². The van der Waals surface area contributed by atoms with Crippen LogP contribution in [0.1, 0.15) is 106 Å². The van der Waals surface area contributed by atoms with E-state index >= 15 is 0 Å². The molecule has 4 aromatic heterocycles. The number of nitrogens with zero attached hydrogens (tertiary/aromatic N) is 9. The first-order valence-corrected chi connectivity index (χ1v) is 24.5. The molecule has 6 aliphatic rings. The van der Waals surface area contributed by atoms with E-state index in [-0.39, 0.29) is 58.9 Å². The van der Waals surface area contributed by atoms with E-state index in [2.05, 4.69) is 67.6 Å². The van der Waals surface area contributed by atoms with E-state index in [0.717, 1.165) is 68.1 Å². The standard InChI is InChI=1S/C53H59N11O7/c1-30-20-34(13-15-60(30)35-6-8-38-39(23-35)50(69)64(49(38)68)42-9-11-46(66)57-48(42)67)59-16-17-61(31(2)27-59)36-7-10-45(55-26-36)56-41-21-33(28-58(5)51(41)70)37-12-14-54-47(40(37)29-65)63-19-18-62-43(52(63)71)22-32-24-53(3,4)25-44(32)62/h6-8,10,12,14,21-23,26,28,30-31,34,42,65H,9,11,13,15-20,24-25,27,29H2,1-5H3,(H,55,56)(H,57,66,67)/t30-,31+,34-,42+/m1/s1/i5D3. The molecular formula is C53H59N11O7. The van der Waals surface area contributed by atoms with Crippen molar-refractivity contribution < 1.29 is 33.2 Å². The Bertz CT molecular complexity index is 3220. The zero-order chi connectivity index (χ0) is 52.1. The molecule has 3 N–H and O–H groups in total.